The van der Waals surface area contributed by atoms with E-state index in [1.165, 1.54) is 18.0 Å². The number of aromatic nitrogens is 1. The topological polar surface area (TPSA) is 62.3 Å². The fourth-order valence-electron chi connectivity index (χ4n) is 2.05. The highest BCUT2D eigenvalue weighted by Crippen LogP contribution is 2.33. The van der Waals surface area contributed by atoms with Crippen molar-refractivity contribution in [3.05, 3.63) is 58.3 Å². The van der Waals surface area contributed by atoms with Crippen molar-refractivity contribution in [1.29, 1.82) is 0 Å². The smallest absolute Gasteiger partial charge is 0.252 e. The Morgan fingerprint density at radius 3 is 2.43 bits per heavy atom. The number of carbonyl (C=O) groups excluding carboxylic acids is 2. The maximum atomic E-state index is 12.0. The van der Waals surface area contributed by atoms with Gasteiger partial charge in [-0.1, -0.05) is 29.3 Å². The second-order valence-corrected chi connectivity index (χ2v) is 5.55. The number of nitrogens with one attached hydrogen (secondary N) is 1. The molecule has 5 nitrogen and oxygen atoms in total. The monoisotopic (exact) mass is 351 g/mol. The molecule has 0 atom stereocenters. The van der Waals surface area contributed by atoms with E-state index >= 15 is 0 Å². The molecule has 7 heteroatoms. The van der Waals surface area contributed by atoms with Gasteiger partial charge >= 0.3 is 0 Å². The van der Waals surface area contributed by atoms with E-state index in [9.17, 15) is 9.59 Å². The van der Waals surface area contributed by atoms with Crippen molar-refractivity contribution < 1.29 is 9.59 Å². The number of pyridine rings is 1. The van der Waals surface area contributed by atoms with E-state index in [2.05, 4.69) is 10.3 Å². The highest BCUT2D eigenvalue weighted by molar-refractivity contribution is 6.39. The molecule has 23 heavy (non-hydrogen) atoms. The lowest BCUT2D eigenvalue weighted by Crippen LogP contribution is -2.37. The molecule has 1 heterocycles. The van der Waals surface area contributed by atoms with Crippen LogP contribution in [-0.4, -0.2) is 29.9 Å². The molecule has 0 unspecified atom stereocenters. The van der Waals surface area contributed by atoms with E-state index in [0.29, 0.717) is 21.3 Å². The first-order valence-electron chi connectivity index (χ1n) is 6.91. The van der Waals surface area contributed by atoms with E-state index in [4.69, 9.17) is 23.2 Å². The Morgan fingerprint density at radius 2 is 1.87 bits per heavy atom. The number of amides is 2. The molecule has 0 aliphatic heterocycles. The summed E-state index contributed by atoms with van der Waals surface area (Å²) in [7, 11) is 0. The Hall–Kier alpha value is -2.11. The third kappa shape index (κ3) is 4.43. The van der Waals surface area contributed by atoms with Gasteiger partial charge in [0.05, 0.1) is 21.3 Å². The van der Waals surface area contributed by atoms with Gasteiger partial charge in [0, 0.05) is 32.4 Å². The minimum atomic E-state index is -0.258. The minimum Gasteiger partial charge on any atom is -0.350 e. The summed E-state index contributed by atoms with van der Waals surface area (Å²) >= 11 is 12.3. The molecule has 2 aromatic rings. The fourth-order valence-corrected chi connectivity index (χ4v) is 2.66. The second-order valence-electron chi connectivity index (χ2n) is 4.74. The lowest BCUT2D eigenvalue weighted by Gasteiger charge is -2.23. The van der Waals surface area contributed by atoms with Gasteiger partial charge in [0.25, 0.3) is 5.91 Å². The van der Waals surface area contributed by atoms with Crippen molar-refractivity contribution in [2.75, 3.05) is 18.0 Å². The average Bonchev–Trinajstić information content (AvgIpc) is 2.53. The molecule has 0 spiro atoms. The quantitative estimate of drug-likeness (QED) is 0.899. The average molecular weight is 352 g/mol. The third-order valence-electron chi connectivity index (χ3n) is 3.13. The maximum absolute atomic E-state index is 12.0. The summed E-state index contributed by atoms with van der Waals surface area (Å²) in [5.74, 6) is -0.470. The van der Waals surface area contributed by atoms with Crippen LogP contribution in [0, 0.1) is 0 Å². The zero-order valence-electron chi connectivity index (χ0n) is 12.4. The number of rotatable bonds is 5. The van der Waals surface area contributed by atoms with Gasteiger partial charge in [-0.3, -0.25) is 14.6 Å². The molecule has 0 aliphatic rings. The van der Waals surface area contributed by atoms with Crippen LogP contribution in [0.5, 0.6) is 0 Å². The summed E-state index contributed by atoms with van der Waals surface area (Å²) in [6.07, 6.45) is 3.07. The van der Waals surface area contributed by atoms with Crippen LogP contribution in [0.15, 0.2) is 42.7 Å². The molecule has 0 saturated carbocycles. The second kappa shape index (κ2) is 7.94. The standard InChI is InChI=1S/C16H15Cl2N3O2/c1-11(22)21(15-13(17)5-2-6-14(15)18)9-8-20-16(23)12-4-3-7-19-10-12/h2-7,10H,8-9H2,1H3,(H,20,23). The van der Waals surface area contributed by atoms with Gasteiger partial charge in [-0.15, -0.1) is 0 Å². The fraction of sp³-hybridized carbons (Fsp3) is 0.188. The molecule has 0 aliphatic carbocycles. The highest BCUT2D eigenvalue weighted by atomic mass is 35.5. The lowest BCUT2D eigenvalue weighted by molar-refractivity contribution is -0.116. The Kier molecular flexibility index (Phi) is 5.96. The number of benzene rings is 1. The summed E-state index contributed by atoms with van der Waals surface area (Å²) in [6.45, 7) is 1.93. The molecule has 2 amide bonds. The SMILES string of the molecule is CC(=O)N(CCNC(=O)c1cccnc1)c1c(Cl)cccc1Cl. The number of carbonyl (C=O) groups is 2. The van der Waals surface area contributed by atoms with Crippen LogP contribution in [0.3, 0.4) is 0 Å². The van der Waals surface area contributed by atoms with E-state index in [-0.39, 0.29) is 24.9 Å². The van der Waals surface area contributed by atoms with Gasteiger partial charge in [-0.2, -0.15) is 0 Å². The normalized spacial score (nSPS) is 10.2. The van der Waals surface area contributed by atoms with Crippen LogP contribution < -0.4 is 10.2 Å². The molecular weight excluding hydrogens is 337 g/mol. The Labute approximate surface area is 144 Å². The Morgan fingerprint density at radius 1 is 1.17 bits per heavy atom. The first-order chi connectivity index (χ1) is 11.0. The van der Waals surface area contributed by atoms with Gasteiger partial charge < -0.3 is 10.2 Å². The predicted octanol–water partition coefficient (Wildman–Crippen LogP) is 3.17. The molecular formula is C16H15Cl2N3O2. The first kappa shape index (κ1) is 17.2. The summed E-state index contributed by atoms with van der Waals surface area (Å²) in [4.78, 5) is 29.2. The minimum absolute atomic E-state index is 0.212. The van der Waals surface area contributed by atoms with Gasteiger partial charge in [0.2, 0.25) is 5.91 Å². The third-order valence-corrected chi connectivity index (χ3v) is 3.74. The largest absolute Gasteiger partial charge is 0.350 e. The van der Waals surface area contributed by atoms with Crippen molar-refractivity contribution in [1.82, 2.24) is 10.3 Å². The van der Waals surface area contributed by atoms with Crippen molar-refractivity contribution in [3.8, 4) is 0 Å². The number of nitrogens with zero attached hydrogens (tertiary/aromatic N) is 2. The van der Waals surface area contributed by atoms with E-state index in [1.54, 1.807) is 36.5 Å². The number of halogens is 2. The van der Waals surface area contributed by atoms with Gasteiger partial charge in [-0.25, -0.2) is 0 Å². The summed E-state index contributed by atoms with van der Waals surface area (Å²) in [6, 6.07) is 8.37. The molecule has 0 saturated heterocycles. The molecule has 1 aromatic heterocycles. The molecule has 1 aromatic carbocycles. The van der Waals surface area contributed by atoms with Crippen molar-refractivity contribution in [2.45, 2.75) is 6.92 Å². The first-order valence-corrected chi connectivity index (χ1v) is 7.66. The number of anilines is 1. The lowest BCUT2D eigenvalue weighted by atomic mass is 10.2. The molecule has 0 bridgehead atoms. The van der Waals surface area contributed by atoms with Crippen molar-refractivity contribution >= 4 is 40.7 Å². The predicted molar refractivity (Wildman–Crippen MR) is 91.1 cm³/mol. The molecule has 0 radical (unpaired) electrons. The van der Waals surface area contributed by atoms with Crippen molar-refractivity contribution in [3.63, 3.8) is 0 Å². The summed E-state index contributed by atoms with van der Waals surface area (Å²) in [5.41, 5.74) is 0.900. The zero-order valence-corrected chi connectivity index (χ0v) is 13.9. The van der Waals surface area contributed by atoms with Gasteiger partial charge in [0.1, 0.15) is 0 Å². The van der Waals surface area contributed by atoms with Crippen LogP contribution >= 0.6 is 23.2 Å². The van der Waals surface area contributed by atoms with Crippen LogP contribution in [0.25, 0.3) is 0 Å². The summed E-state index contributed by atoms with van der Waals surface area (Å²) in [5, 5.41) is 3.50. The van der Waals surface area contributed by atoms with Crippen LogP contribution in [0.2, 0.25) is 10.0 Å². The maximum Gasteiger partial charge on any atom is 0.252 e. The Bertz CT molecular complexity index is 687. The zero-order chi connectivity index (χ0) is 16.8. The van der Waals surface area contributed by atoms with Crippen LogP contribution in [0.4, 0.5) is 5.69 Å². The highest BCUT2D eigenvalue weighted by Gasteiger charge is 2.18. The van der Waals surface area contributed by atoms with E-state index in [1.807, 2.05) is 0 Å². The van der Waals surface area contributed by atoms with Gasteiger partial charge in [-0.05, 0) is 24.3 Å². The van der Waals surface area contributed by atoms with Crippen LogP contribution in [0.1, 0.15) is 17.3 Å². The number of para-hydroxylation sites is 1. The van der Waals surface area contributed by atoms with Crippen molar-refractivity contribution in [2.24, 2.45) is 0 Å². The molecule has 1 N–H and O–H groups in total. The Balaban J connectivity index is 2.04. The van der Waals surface area contributed by atoms with E-state index in [0.717, 1.165) is 0 Å². The molecule has 2 rings (SSSR count). The van der Waals surface area contributed by atoms with E-state index < -0.39 is 0 Å². The number of hydrogen-bond acceptors (Lipinski definition) is 3. The molecule has 120 valence electrons. The van der Waals surface area contributed by atoms with Crippen LogP contribution in [-0.2, 0) is 4.79 Å². The summed E-state index contributed by atoms with van der Waals surface area (Å²) < 4.78 is 0. The molecule has 0 fully saturated rings. The number of hydrogen-bond donors (Lipinski definition) is 1. The van der Waals surface area contributed by atoms with Gasteiger partial charge in [0.15, 0.2) is 0 Å².